The molecule has 1 aliphatic rings. The lowest BCUT2D eigenvalue weighted by atomic mass is 10.0. The molecule has 0 fully saturated rings. The molecule has 4 heteroatoms. The Labute approximate surface area is 98.0 Å². The van der Waals surface area contributed by atoms with E-state index in [-0.39, 0.29) is 17.6 Å². The number of fused-ring (bicyclic) bond motifs is 3. The van der Waals surface area contributed by atoms with E-state index >= 15 is 0 Å². The fourth-order valence-corrected chi connectivity index (χ4v) is 2.48. The monoisotopic (exact) mass is 232 g/mol. The third-order valence-electron chi connectivity index (χ3n) is 3.40. The minimum absolute atomic E-state index is 0.0239. The van der Waals surface area contributed by atoms with E-state index in [0.29, 0.717) is 6.54 Å². The molecular formula is C13H13FN2O. The Kier molecular flexibility index (Phi) is 2.18. The van der Waals surface area contributed by atoms with Crippen molar-refractivity contribution in [2.24, 2.45) is 0 Å². The van der Waals surface area contributed by atoms with E-state index in [2.05, 4.69) is 10.3 Å². The summed E-state index contributed by atoms with van der Waals surface area (Å²) in [4.78, 5) is 14.9. The van der Waals surface area contributed by atoms with E-state index in [4.69, 9.17) is 0 Å². The van der Waals surface area contributed by atoms with E-state index in [1.807, 2.05) is 6.92 Å². The highest BCUT2D eigenvalue weighted by Gasteiger charge is 2.24. The van der Waals surface area contributed by atoms with Gasteiger partial charge in [-0.15, -0.1) is 0 Å². The van der Waals surface area contributed by atoms with Gasteiger partial charge in [-0.25, -0.2) is 4.39 Å². The van der Waals surface area contributed by atoms with Crippen molar-refractivity contribution < 1.29 is 9.18 Å². The van der Waals surface area contributed by atoms with Gasteiger partial charge in [0.2, 0.25) is 5.91 Å². The maximum atomic E-state index is 13.2. The van der Waals surface area contributed by atoms with E-state index in [1.165, 1.54) is 12.1 Å². The maximum absolute atomic E-state index is 13.2. The molecule has 0 spiro atoms. The van der Waals surface area contributed by atoms with Gasteiger partial charge in [-0.3, -0.25) is 4.79 Å². The summed E-state index contributed by atoms with van der Waals surface area (Å²) in [6, 6.07) is 4.72. The van der Waals surface area contributed by atoms with Gasteiger partial charge in [0.15, 0.2) is 0 Å². The van der Waals surface area contributed by atoms with Gasteiger partial charge in [-0.05, 0) is 37.1 Å². The van der Waals surface area contributed by atoms with Crippen LogP contribution in [0.2, 0.25) is 0 Å². The predicted octanol–water partition coefficient (Wildman–Crippen LogP) is 2.08. The summed E-state index contributed by atoms with van der Waals surface area (Å²) in [5, 5.41) is 3.89. The SMILES string of the molecule is C[C@H]1C(=O)NCCc2c1[nH]c1cc(F)ccc21. The van der Waals surface area contributed by atoms with Gasteiger partial charge < -0.3 is 10.3 Å². The van der Waals surface area contributed by atoms with Crippen LogP contribution in [0.25, 0.3) is 10.9 Å². The van der Waals surface area contributed by atoms with Crippen molar-refractivity contribution in [2.75, 3.05) is 6.54 Å². The second-order valence-corrected chi connectivity index (χ2v) is 4.47. The number of H-pyrrole nitrogens is 1. The third kappa shape index (κ3) is 1.52. The highest BCUT2D eigenvalue weighted by Crippen LogP contribution is 2.30. The average molecular weight is 232 g/mol. The van der Waals surface area contributed by atoms with Crippen LogP contribution in [0.15, 0.2) is 18.2 Å². The van der Waals surface area contributed by atoms with Crippen molar-refractivity contribution in [1.29, 1.82) is 0 Å². The van der Waals surface area contributed by atoms with Crippen molar-refractivity contribution in [2.45, 2.75) is 19.3 Å². The molecule has 3 nitrogen and oxygen atoms in total. The smallest absolute Gasteiger partial charge is 0.228 e. The number of benzene rings is 1. The summed E-state index contributed by atoms with van der Waals surface area (Å²) in [6.07, 6.45) is 0.789. The minimum Gasteiger partial charge on any atom is -0.357 e. The van der Waals surface area contributed by atoms with Crippen LogP contribution in [-0.2, 0) is 11.2 Å². The molecule has 0 unspecified atom stereocenters. The van der Waals surface area contributed by atoms with Gasteiger partial charge in [0, 0.05) is 23.1 Å². The number of amides is 1. The van der Waals surface area contributed by atoms with Gasteiger partial charge in [-0.1, -0.05) is 0 Å². The first-order valence-electron chi connectivity index (χ1n) is 5.74. The molecule has 0 aliphatic carbocycles. The van der Waals surface area contributed by atoms with E-state index in [0.717, 1.165) is 28.6 Å². The number of hydrogen-bond donors (Lipinski definition) is 2. The molecule has 17 heavy (non-hydrogen) atoms. The first-order valence-corrected chi connectivity index (χ1v) is 5.74. The molecule has 0 radical (unpaired) electrons. The van der Waals surface area contributed by atoms with Crippen LogP contribution in [-0.4, -0.2) is 17.4 Å². The molecule has 1 aromatic carbocycles. The quantitative estimate of drug-likeness (QED) is 0.717. The number of aromatic nitrogens is 1. The molecule has 1 aromatic heterocycles. The van der Waals surface area contributed by atoms with Gasteiger partial charge >= 0.3 is 0 Å². The second-order valence-electron chi connectivity index (χ2n) is 4.47. The van der Waals surface area contributed by atoms with Crippen molar-refractivity contribution in [1.82, 2.24) is 10.3 Å². The minimum atomic E-state index is -0.258. The lowest BCUT2D eigenvalue weighted by molar-refractivity contribution is -0.122. The number of hydrogen-bond acceptors (Lipinski definition) is 1. The molecule has 2 heterocycles. The summed E-state index contributed by atoms with van der Waals surface area (Å²) in [7, 11) is 0. The molecule has 1 amide bonds. The number of rotatable bonds is 0. The Morgan fingerprint density at radius 2 is 2.24 bits per heavy atom. The van der Waals surface area contributed by atoms with Crippen molar-refractivity contribution in [3.05, 3.63) is 35.3 Å². The normalized spacial score (nSPS) is 19.9. The zero-order valence-electron chi connectivity index (χ0n) is 9.51. The van der Waals surface area contributed by atoms with Crippen molar-refractivity contribution in [3.8, 4) is 0 Å². The van der Waals surface area contributed by atoms with Crippen LogP contribution < -0.4 is 5.32 Å². The number of carbonyl (C=O) groups excluding carboxylic acids is 1. The molecule has 3 rings (SSSR count). The number of carbonyl (C=O) groups is 1. The number of nitrogens with one attached hydrogen (secondary N) is 2. The highest BCUT2D eigenvalue weighted by molar-refractivity contribution is 5.90. The Morgan fingerprint density at radius 1 is 1.41 bits per heavy atom. The second kappa shape index (κ2) is 3.58. The van der Waals surface area contributed by atoms with Gasteiger partial charge in [0.05, 0.1) is 5.92 Å². The van der Waals surface area contributed by atoms with Crippen LogP contribution in [0.5, 0.6) is 0 Å². The third-order valence-corrected chi connectivity index (χ3v) is 3.40. The Bertz CT molecular complexity index is 603. The predicted molar refractivity (Wildman–Crippen MR) is 63.4 cm³/mol. The molecule has 0 saturated carbocycles. The number of aromatic amines is 1. The maximum Gasteiger partial charge on any atom is 0.228 e. The summed E-state index contributed by atoms with van der Waals surface area (Å²) in [6.45, 7) is 2.51. The first kappa shape index (κ1) is 10.3. The van der Waals surface area contributed by atoms with E-state index in [1.54, 1.807) is 6.07 Å². The van der Waals surface area contributed by atoms with Crippen LogP contribution >= 0.6 is 0 Å². The highest BCUT2D eigenvalue weighted by atomic mass is 19.1. The van der Waals surface area contributed by atoms with Gasteiger partial charge in [0.25, 0.3) is 0 Å². The fraction of sp³-hybridized carbons (Fsp3) is 0.308. The summed E-state index contributed by atoms with van der Waals surface area (Å²) in [5.41, 5.74) is 2.82. The van der Waals surface area contributed by atoms with Crippen LogP contribution in [0.1, 0.15) is 24.1 Å². The van der Waals surface area contributed by atoms with Gasteiger partial charge in [0.1, 0.15) is 5.82 Å². The van der Waals surface area contributed by atoms with Crippen molar-refractivity contribution >= 4 is 16.8 Å². The molecule has 88 valence electrons. The van der Waals surface area contributed by atoms with E-state index in [9.17, 15) is 9.18 Å². The van der Waals surface area contributed by atoms with Gasteiger partial charge in [-0.2, -0.15) is 0 Å². The summed E-state index contributed by atoms with van der Waals surface area (Å²) < 4.78 is 13.2. The fourth-order valence-electron chi connectivity index (χ4n) is 2.48. The lowest BCUT2D eigenvalue weighted by Gasteiger charge is -2.06. The topological polar surface area (TPSA) is 44.9 Å². The standard InChI is InChI=1S/C13H13FN2O/c1-7-12-10(4-5-15-13(7)17)9-3-2-8(14)6-11(9)16-12/h2-3,6-7,16H,4-5H2,1H3,(H,15,17)/t7-/m1/s1. The molecule has 1 aliphatic heterocycles. The first-order chi connectivity index (χ1) is 8.16. The number of halogens is 1. The molecule has 1 atom stereocenters. The molecule has 0 bridgehead atoms. The zero-order chi connectivity index (χ0) is 12.0. The lowest BCUT2D eigenvalue weighted by Crippen LogP contribution is -2.27. The summed E-state index contributed by atoms with van der Waals surface area (Å²) >= 11 is 0. The van der Waals surface area contributed by atoms with Crippen LogP contribution in [0.4, 0.5) is 4.39 Å². The Morgan fingerprint density at radius 3 is 3.06 bits per heavy atom. The Hall–Kier alpha value is -1.84. The molecule has 2 N–H and O–H groups in total. The summed E-state index contributed by atoms with van der Waals surface area (Å²) in [5.74, 6) is -0.440. The van der Waals surface area contributed by atoms with Crippen LogP contribution in [0, 0.1) is 5.82 Å². The molecule has 2 aromatic rings. The average Bonchev–Trinajstić information content (AvgIpc) is 2.59. The zero-order valence-corrected chi connectivity index (χ0v) is 9.51. The van der Waals surface area contributed by atoms with Crippen molar-refractivity contribution in [3.63, 3.8) is 0 Å². The molecular weight excluding hydrogens is 219 g/mol. The Balaban J connectivity index is 2.26. The van der Waals surface area contributed by atoms with E-state index < -0.39 is 0 Å². The molecule has 0 saturated heterocycles. The largest absolute Gasteiger partial charge is 0.357 e. The van der Waals surface area contributed by atoms with Crippen LogP contribution in [0.3, 0.4) is 0 Å².